The first-order valence-electron chi connectivity index (χ1n) is 6.04. The SMILES string of the molecule is O=C(NCC1COCCO1)C1CCNCC1. The van der Waals surface area contributed by atoms with Crippen molar-refractivity contribution >= 4 is 5.91 Å². The van der Waals surface area contributed by atoms with E-state index in [0.29, 0.717) is 26.4 Å². The van der Waals surface area contributed by atoms with E-state index in [2.05, 4.69) is 10.6 Å². The molecule has 0 spiro atoms. The summed E-state index contributed by atoms with van der Waals surface area (Å²) in [5.41, 5.74) is 0. The molecule has 16 heavy (non-hydrogen) atoms. The van der Waals surface area contributed by atoms with E-state index in [-0.39, 0.29) is 17.9 Å². The minimum absolute atomic E-state index is 0.0272. The van der Waals surface area contributed by atoms with E-state index < -0.39 is 0 Å². The van der Waals surface area contributed by atoms with Gasteiger partial charge in [-0.05, 0) is 25.9 Å². The minimum atomic E-state index is 0.0272. The van der Waals surface area contributed by atoms with Crippen molar-refractivity contribution in [2.45, 2.75) is 18.9 Å². The van der Waals surface area contributed by atoms with Gasteiger partial charge in [-0.3, -0.25) is 4.79 Å². The maximum atomic E-state index is 11.8. The van der Waals surface area contributed by atoms with E-state index in [1.54, 1.807) is 0 Å². The van der Waals surface area contributed by atoms with Gasteiger partial charge in [0, 0.05) is 12.5 Å². The molecule has 1 unspecified atom stereocenters. The molecule has 2 saturated heterocycles. The molecular formula is C11H20N2O3. The predicted molar refractivity (Wildman–Crippen MR) is 59.2 cm³/mol. The first-order chi connectivity index (χ1) is 7.86. The van der Waals surface area contributed by atoms with Crippen LogP contribution in [0.5, 0.6) is 0 Å². The molecule has 0 aromatic rings. The minimum Gasteiger partial charge on any atom is -0.376 e. The van der Waals surface area contributed by atoms with Gasteiger partial charge in [0.2, 0.25) is 5.91 Å². The molecule has 0 aromatic carbocycles. The highest BCUT2D eigenvalue weighted by Gasteiger charge is 2.22. The Morgan fingerprint density at radius 1 is 1.31 bits per heavy atom. The summed E-state index contributed by atoms with van der Waals surface area (Å²) in [6.07, 6.45) is 1.90. The highest BCUT2D eigenvalue weighted by atomic mass is 16.6. The summed E-state index contributed by atoms with van der Waals surface area (Å²) in [6, 6.07) is 0. The summed E-state index contributed by atoms with van der Waals surface area (Å²) in [7, 11) is 0. The molecular weight excluding hydrogens is 208 g/mol. The number of ether oxygens (including phenoxy) is 2. The summed E-state index contributed by atoms with van der Waals surface area (Å²) in [5, 5.41) is 6.20. The molecule has 2 aliphatic heterocycles. The second-order valence-corrected chi connectivity index (χ2v) is 4.34. The van der Waals surface area contributed by atoms with E-state index in [0.717, 1.165) is 25.9 Å². The maximum Gasteiger partial charge on any atom is 0.223 e. The predicted octanol–water partition coefficient (Wildman–Crippen LogP) is -0.482. The van der Waals surface area contributed by atoms with Crippen molar-refractivity contribution in [3.63, 3.8) is 0 Å². The van der Waals surface area contributed by atoms with Gasteiger partial charge in [0.25, 0.3) is 0 Å². The quantitative estimate of drug-likeness (QED) is 0.685. The molecule has 0 radical (unpaired) electrons. The molecule has 0 bridgehead atoms. The van der Waals surface area contributed by atoms with Crippen LogP contribution in [-0.4, -0.2) is 51.5 Å². The van der Waals surface area contributed by atoms with Crippen LogP contribution in [-0.2, 0) is 14.3 Å². The Morgan fingerprint density at radius 2 is 2.12 bits per heavy atom. The average molecular weight is 228 g/mol. The van der Waals surface area contributed by atoms with Crippen LogP contribution >= 0.6 is 0 Å². The van der Waals surface area contributed by atoms with Gasteiger partial charge in [-0.15, -0.1) is 0 Å². The van der Waals surface area contributed by atoms with Crippen LogP contribution in [0.4, 0.5) is 0 Å². The van der Waals surface area contributed by atoms with Crippen molar-refractivity contribution in [1.82, 2.24) is 10.6 Å². The number of piperidine rings is 1. The smallest absolute Gasteiger partial charge is 0.223 e. The molecule has 92 valence electrons. The topological polar surface area (TPSA) is 59.6 Å². The van der Waals surface area contributed by atoms with Crippen molar-refractivity contribution in [3.8, 4) is 0 Å². The van der Waals surface area contributed by atoms with E-state index in [1.165, 1.54) is 0 Å². The van der Waals surface area contributed by atoms with Crippen LogP contribution in [0.15, 0.2) is 0 Å². The van der Waals surface area contributed by atoms with Crippen LogP contribution in [0.3, 0.4) is 0 Å². The standard InChI is InChI=1S/C11H20N2O3/c14-11(9-1-3-12-4-2-9)13-7-10-8-15-5-6-16-10/h9-10,12H,1-8H2,(H,13,14). The molecule has 1 amide bonds. The van der Waals surface area contributed by atoms with Gasteiger partial charge in [-0.2, -0.15) is 0 Å². The first kappa shape index (κ1) is 11.8. The van der Waals surface area contributed by atoms with Crippen LogP contribution in [0.2, 0.25) is 0 Å². The lowest BCUT2D eigenvalue weighted by Crippen LogP contribution is -2.43. The number of rotatable bonds is 3. The van der Waals surface area contributed by atoms with Crippen molar-refractivity contribution < 1.29 is 14.3 Å². The number of amides is 1. The van der Waals surface area contributed by atoms with Gasteiger partial charge < -0.3 is 20.1 Å². The van der Waals surface area contributed by atoms with Crippen LogP contribution < -0.4 is 10.6 Å². The molecule has 5 heteroatoms. The second-order valence-electron chi connectivity index (χ2n) is 4.34. The molecule has 1 atom stereocenters. The second kappa shape index (κ2) is 6.18. The van der Waals surface area contributed by atoms with Gasteiger partial charge in [-0.25, -0.2) is 0 Å². The van der Waals surface area contributed by atoms with Gasteiger partial charge in [-0.1, -0.05) is 0 Å². The highest BCUT2D eigenvalue weighted by molar-refractivity contribution is 5.78. The Morgan fingerprint density at radius 3 is 2.81 bits per heavy atom. The van der Waals surface area contributed by atoms with E-state index in [9.17, 15) is 4.79 Å². The summed E-state index contributed by atoms with van der Waals surface area (Å²) >= 11 is 0. The first-order valence-corrected chi connectivity index (χ1v) is 6.04. The van der Waals surface area contributed by atoms with Gasteiger partial charge >= 0.3 is 0 Å². The molecule has 0 saturated carbocycles. The average Bonchev–Trinajstić information content (AvgIpc) is 2.38. The molecule has 2 aliphatic rings. The molecule has 2 fully saturated rings. The normalized spacial score (nSPS) is 27.6. The molecule has 2 rings (SSSR count). The third-order valence-corrected chi connectivity index (χ3v) is 3.10. The summed E-state index contributed by atoms with van der Waals surface area (Å²) in [6.45, 7) is 4.35. The molecule has 2 heterocycles. The van der Waals surface area contributed by atoms with Gasteiger partial charge in [0.15, 0.2) is 0 Å². The van der Waals surface area contributed by atoms with Crippen molar-refractivity contribution in [1.29, 1.82) is 0 Å². The van der Waals surface area contributed by atoms with E-state index in [4.69, 9.17) is 9.47 Å². The fourth-order valence-corrected chi connectivity index (χ4v) is 2.10. The van der Waals surface area contributed by atoms with Crippen molar-refractivity contribution in [2.24, 2.45) is 5.92 Å². The lowest BCUT2D eigenvalue weighted by Gasteiger charge is -2.25. The largest absolute Gasteiger partial charge is 0.376 e. The Kier molecular flexibility index (Phi) is 4.56. The lowest BCUT2D eigenvalue weighted by molar-refractivity contribution is -0.128. The Labute approximate surface area is 95.9 Å². The zero-order valence-electron chi connectivity index (χ0n) is 9.54. The zero-order chi connectivity index (χ0) is 11.2. The van der Waals surface area contributed by atoms with Crippen LogP contribution in [0, 0.1) is 5.92 Å². The number of hydrogen-bond donors (Lipinski definition) is 2. The fourth-order valence-electron chi connectivity index (χ4n) is 2.10. The van der Waals surface area contributed by atoms with E-state index >= 15 is 0 Å². The van der Waals surface area contributed by atoms with Crippen molar-refractivity contribution in [3.05, 3.63) is 0 Å². The molecule has 5 nitrogen and oxygen atoms in total. The highest BCUT2D eigenvalue weighted by Crippen LogP contribution is 2.11. The van der Waals surface area contributed by atoms with E-state index in [1.807, 2.05) is 0 Å². The third-order valence-electron chi connectivity index (χ3n) is 3.10. The summed E-state index contributed by atoms with van der Waals surface area (Å²) in [5.74, 6) is 0.335. The van der Waals surface area contributed by atoms with Crippen LogP contribution in [0.25, 0.3) is 0 Å². The Balaban J connectivity index is 1.65. The van der Waals surface area contributed by atoms with Gasteiger partial charge in [0.1, 0.15) is 0 Å². The zero-order valence-corrected chi connectivity index (χ0v) is 9.54. The monoisotopic (exact) mass is 228 g/mol. The maximum absolute atomic E-state index is 11.8. The molecule has 0 aromatic heterocycles. The fraction of sp³-hybridized carbons (Fsp3) is 0.909. The molecule has 0 aliphatic carbocycles. The summed E-state index contributed by atoms with van der Waals surface area (Å²) in [4.78, 5) is 11.8. The number of carbonyl (C=O) groups excluding carboxylic acids is 1. The molecule has 2 N–H and O–H groups in total. The third kappa shape index (κ3) is 3.43. The van der Waals surface area contributed by atoms with Crippen LogP contribution in [0.1, 0.15) is 12.8 Å². The number of carbonyl (C=O) groups is 1. The summed E-state index contributed by atoms with van der Waals surface area (Å²) < 4.78 is 10.7. The Bertz CT molecular complexity index is 223. The lowest BCUT2D eigenvalue weighted by atomic mass is 9.97. The Hall–Kier alpha value is -0.650. The van der Waals surface area contributed by atoms with Gasteiger partial charge in [0.05, 0.1) is 25.9 Å². The van der Waals surface area contributed by atoms with Crippen molar-refractivity contribution in [2.75, 3.05) is 39.5 Å². The number of nitrogens with one attached hydrogen (secondary N) is 2. The number of hydrogen-bond acceptors (Lipinski definition) is 4.